The van der Waals surface area contributed by atoms with Crippen LogP contribution in [0, 0.1) is 0 Å². The highest BCUT2D eigenvalue weighted by Crippen LogP contribution is 2.38. The monoisotopic (exact) mass is 329 g/mol. The van der Waals surface area contributed by atoms with Gasteiger partial charge in [0, 0.05) is 18.1 Å². The molecular weight excluding hydrogens is 302 g/mol. The molecule has 3 aromatic carbocycles. The molecule has 25 heavy (non-hydrogen) atoms. The van der Waals surface area contributed by atoms with Gasteiger partial charge in [0.1, 0.15) is 0 Å². The second-order valence-electron chi connectivity index (χ2n) is 6.71. The molecule has 0 fully saturated rings. The average Bonchev–Trinajstić information content (AvgIpc) is 2.70. The second-order valence-corrected chi connectivity index (χ2v) is 6.71. The van der Waals surface area contributed by atoms with E-state index in [2.05, 4.69) is 117 Å². The molecule has 3 aromatic rings. The Morgan fingerprint density at radius 1 is 0.440 bits per heavy atom. The van der Waals surface area contributed by atoms with Crippen molar-refractivity contribution in [1.82, 2.24) is 4.90 Å². The Labute approximate surface area is 151 Å². The maximum atomic E-state index is 2.61. The summed E-state index contributed by atoms with van der Waals surface area (Å²) in [6, 6.07) is 33.4. The number of nitrogens with zero attached hydrogens (tertiary/aromatic N) is 1. The first kappa shape index (κ1) is 17.4. The van der Waals surface area contributed by atoms with Crippen LogP contribution in [0.15, 0.2) is 91.0 Å². The van der Waals surface area contributed by atoms with Gasteiger partial charge in [-0.05, 0) is 37.5 Å². The fourth-order valence-corrected chi connectivity index (χ4v) is 3.72. The van der Waals surface area contributed by atoms with Gasteiger partial charge in [0.25, 0.3) is 0 Å². The van der Waals surface area contributed by atoms with Crippen LogP contribution in [0.2, 0.25) is 0 Å². The summed E-state index contributed by atoms with van der Waals surface area (Å²) in [7, 11) is 0. The van der Waals surface area contributed by atoms with Crippen molar-refractivity contribution in [1.29, 1.82) is 0 Å². The minimum atomic E-state index is 0.326. The number of benzene rings is 3. The molecule has 0 aliphatic rings. The Hall–Kier alpha value is -2.38. The molecule has 0 saturated heterocycles. The first-order chi connectivity index (χ1) is 12.2. The van der Waals surface area contributed by atoms with E-state index in [9.17, 15) is 0 Å². The van der Waals surface area contributed by atoms with Gasteiger partial charge in [-0.15, -0.1) is 0 Å². The van der Waals surface area contributed by atoms with Gasteiger partial charge < -0.3 is 0 Å². The minimum Gasteiger partial charge on any atom is -0.283 e. The molecule has 1 heteroatoms. The quantitative estimate of drug-likeness (QED) is 0.494. The van der Waals surface area contributed by atoms with Crippen LogP contribution in [0.1, 0.15) is 55.6 Å². The molecule has 1 nitrogen and oxygen atoms in total. The zero-order chi connectivity index (χ0) is 17.6. The van der Waals surface area contributed by atoms with E-state index in [1.54, 1.807) is 0 Å². The van der Waals surface area contributed by atoms with Crippen LogP contribution in [0.3, 0.4) is 0 Å². The summed E-state index contributed by atoms with van der Waals surface area (Å²) < 4.78 is 0. The van der Waals surface area contributed by atoms with Gasteiger partial charge in [-0.3, -0.25) is 4.90 Å². The van der Waals surface area contributed by atoms with Crippen LogP contribution in [-0.2, 0) is 0 Å². The van der Waals surface area contributed by atoms with E-state index in [0.29, 0.717) is 18.1 Å². The van der Waals surface area contributed by atoms with Crippen LogP contribution in [0.25, 0.3) is 0 Å². The first-order valence-electron chi connectivity index (χ1n) is 9.10. The minimum absolute atomic E-state index is 0.326. The van der Waals surface area contributed by atoms with Crippen molar-refractivity contribution < 1.29 is 0 Å². The lowest BCUT2D eigenvalue weighted by Gasteiger charge is -2.40. The third kappa shape index (κ3) is 4.00. The molecule has 0 aromatic heterocycles. The van der Waals surface area contributed by atoms with E-state index in [4.69, 9.17) is 0 Å². The Kier molecular flexibility index (Phi) is 5.67. The van der Waals surface area contributed by atoms with Gasteiger partial charge in [-0.25, -0.2) is 0 Å². The summed E-state index contributed by atoms with van der Waals surface area (Å²) in [6.07, 6.45) is 0. The maximum Gasteiger partial charge on any atom is 0.0331 e. The van der Waals surface area contributed by atoms with Crippen molar-refractivity contribution >= 4 is 0 Å². The van der Waals surface area contributed by atoms with Crippen molar-refractivity contribution in [3.05, 3.63) is 108 Å². The van der Waals surface area contributed by atoms with Gasteiger partial charge in [0.15, 0.2) is 0 Å². The van der Waals surface area contributed by atoms with E-state index >= 15 is 0 Å². The third-order valence-corrected chi connectivity index (χ3v) is 5.19. The molecule has 0 radical (unpaired) electrons. The Bertz CT molecular complexity index is 644. The van der Waals surface area contributed by atoms with Crippen molar-refractivity contribution in [3.63, 3.8) is 0 Å². The molecule has 3 rings (SSSR count). The highest BCUT2D eigenvalue weighted by atomic mass is 15.2. The molecule has 0 amide bonds. The molecule has 0 saturated carbocycles. The third-order valence-electron chi connectivity index (χ3n) is 5.19. The number of rotatable bonds is 6. The zero-order valence-corrected chi connectivity index (χ0v) is 15.3. The van der Waals surface area contributed by atoms with Crippen molar-refractivity contribution in [2.24, 2.45) is 0 Å². The Balaban J connectivity index is 1.99. The highest BCUT2D eigenvalue weighted by molar-refractivity contribution is 5.25. The summed E-state index contributed by atoms with van der Waals surface area (Å²) in [5.41, 5.74) is 4.06. The molecule has 0 bridgehead atoms. The van der Waals surface area contributed by atoms with Crippen molar-refractivity contribution in [2.45, 2.75) is 38.9 Å². The van der Waals surface area contributed by atoms with Crippen molar-refractivity contribution in [3.8, 4) is 0 Å². The van der Waals surface area contributed by atoms with Crippen molar-refractivity contribution in [2.75, 3.05) is 0 Å². The smallest absolute Gasteiger partial charge is 0.0331 e. The summed E-state index contributed by atoms with van der Waals surface area (Å²) in [5.74, 6) is 0. The molecule has 0 aliphatic carbocycles. The second kappa shape index (κ2) is 8.13. The van der Waals surface area contributed by atoms with E-state index in [1.807, 2.05) is 0 Å². The summed E-state index contributed by atoms with van der Waals surface area (Å²) in [5, 5.41) is 0. The molecule has 0 spiro atoms. The molecule has 0 aliphatic heterocycles. The number of hydrogen-bond donors (Lipinski definition) is 0. The van der Waals surface area contributed by atoms with Crippen LogP contribution in [0.4, 0.5) is 0 Å². The fraction of sp³-hybridized carbons (Fsp3) is 0.250. The van der Waals surface area contributed by atoms with E-state index < -0.39 is 0 Å². The molecule has 0 N–H and O–H groups in total. The molecule has 0 unspecified atom stereocenters. The first-order valence-corrected chi connectivity index (χ1v) is 9.10. The standard InChI is InChI=1S/C24H27N/c1-19(22-13-7-4-8-14-22)25(20(2)23-15-9-5-10-16-23)21(3)24-17-11-6-12-18-24/h4-21H,1-3H3/t19-,20-,21-/m1/s1. The predicted molar refractivity (Wildman–Crippen MR) is 106 cm³/mol. The predicted octanol–water partition coefficient (Wildman–Crippen LogP) is 6.57. The molecular formula is C24H27N. The summed E-state index contributed by atoms with van der Waals surface area (Å²) in [6.45, 7) is 6.94. The lowest BCUT2D eigenvalue weighted by Crippen LogP contribution is -2.32. The highest BCUT2D eigenvalue weighted by Gasteiger charge is 2.28. The van der Waals surface area contributed by atoms with E-state index in [-0.39, 0.29) is 0 Å². The van der Waals surface area contributed by atoms with E-state index in [0.717, 1.165) is 0 Å². The van der Waals surface area contributed by atoms with Gasteiger partial charge in [-0.1, -0.05) is 91.0 Å². The normalized spacial score (nSPS) is 14.9. The van der Waals surface area contributed by atoms with E-state index in [1.165, 1.54) is 16.7 Å². The SMILES string of the molecule is C[C@H](c1ccccc1)N([C@H](C)c1ccccc1)[C@H](C)c1ccccc1. The topological polar surface area (TPSA) is 3.24 Å². The maximum absolute atomic E-state index is 2.61. The molecule has 3 atom stereocenters. The summed E-state index contributed by atoms with van der Waals surface area (Å²) in [4.78, 5) is 2.61. The van der Waals surface area contributed by atoms with Crippen LogP contribution >= 0.6 is 0 Å². The van der Waals surface area contributed by atoms with Crippen LogP contribution in [0.5, 0.6) is 0 Å². The largest absolute Gasteiger partial charge is 0.283 e. The van der Waals surface area contributed by atoms with Crippen LogP contribution < -0.4 is 0 Å². The lowest BCUT2D eigenvalue weighted by atomic mass is 9.96. The molecule has 128 valence electrons. The Morgan fingerprint density at radius 3 is 0.920 bits per heavy atom. The van der Waals surface area contributed by atoms with Gasteiger partial charge in [0.05, 0.1) is 0 Å². The lowest BCUT2D eigenvalue weighted by molar-refractivity contribution is 0.103. The van der Waals surface area contributed by atoms with Gasteiger partial charge in [0.2, 0.25) is 0 Å². The molecule has 0 heterocycles. The van der Waals surface area contributed by atoms with Crippen LogP contribution in [-0.4, -0.2) is 4.90 Å². The summed E-state index contributed by atoms with van der Waals surface area (Å²) >= 11 is 0. The van der Waals surface area contributed by atoms with Gasteiger partial charge >= 0.3 is 0 Å². The Morgan fingerprint density at radius 2 is 0.680 bits per heavy atom. The fourth-order valence-electron chi connectivity index (χ4n) is 3.72. The zero-order valence-electron chi connectivity index (χ0n) is 15.3. The van der Waals surface area contributed by atoms with Gasteiger partial charge in [-0.2, -0.15) is 0 Å². The number of hydrogen-bond acceptors (Lipinski definition) is 1. The average molecular weight is 329 g/mol.